The summed E-state index contributed by atoms with van der Waals surface area (Å²) in [4.78, 5) is 6.39. The summed E-state index contributed by atoms with van der Waals surface area (Å²) in [5.74, 6) is 0.535. The van der Waals surface area contributed by atoms with Crippen LogP contribution in [0.25, 0.3) is 0 Å². The van der Waals surface area contributed by atoms with Crippen molar-refractivity contribution in [3.05, 3.63) is 18.3 Å². The Morgan fingerprint density at radius 3 is 2.69 bits per heavy atom. The Balaban J connectivity index is 2.40. The predicted octanol–water partition coefficient (Wildman–Crippen LogP) is 0.322. The molecule has 5 nitrogen and oxygen atoms in total. The van der Waals surface area contributed by atoms with Gasteiger partial charge in [0.25, 0.3) is 0 Å². The van der Waals surface area contributed by atoms with Crippen molar-refractivity contribution in [3.8, 4) is 0 Å². The summed E-state index contributed by atoms with van der Waals surface area (Å²) in [7, 11) is -3.23. The average molecular weight is 242 g/mol. The summed E-state index contributed by atoms with van der Waals surface area (Å²) >= 11 is 0. The number of hydrogen-bond acceptors (Lipinski definition) is 5. The summed E-state index contributed by atoms with van der Waals surface area (Å²) in [6, 6.07) is 3.23. The van der Waals surface area contributed by atoms with Gasteiger partial charge in [0.05, 0.1) is 13.2 Å². The van der Waals surface area contributed by atoms with E-state index in [0.29, 0.717) is 32.1 Å². The molecule has 0 N–H and O–H groups in total. The fourth-order valence-corrected chi connectivity index (χ4v) is 2.52. The lowest BCUT2D eigenvalue weighted by Gasteiger charge is -2.28. The van der Waals surface area contributed by atoms with Crippen LogP contribution in [0.2, 0.25) is 0 Å². The first kappa shape index (κ1) is 11.3. The zero-order chi connectivity index (χ0) is 11.6. The molecule has 1 aliphatic heterocycles. The van der Waals surface area contributed by atoms with Gasteiger partial charge in [-0.3, -0.25) is 0 Å². The highest BCUT2D eigenvalue weighted by Crippen LogP contribution is 2.22. The van der Waals surface area contributed by atoms with Crippen LogP contribution in [0.4, 0.5) is 5.82 Å². The second kappa shape index (κ2) is 4.39. The van der Waals surface area contributed by atoms with Crippen molar-refractivity contribution in [2.24, 2.45) is 0 Å². The van der Waals surface area contributed by atoms with Gasteiger partial charge in [0.15, 0.2) is 9.84 Å². The fraction of sp³-hybridized carbons (Fsp3) is 0.500. The number of pyridine rings is 1. The minimum absolute atomic E-state index is 0.289. The van der Waals surface area contributed by atoms with E-state index in [9.17, 15) is 8.42 Å². The zero-order valence-corrected chi connectivity index (χ0v) is 9.90. The molecule has 0 atom stereocenters. The Kier molecular flexibility index (Phi) is 3.11. The summed E-state index contributed by atoms with van der Waals surface area (Å²) < 4.78 is 28.4. The minimum atomic E-state index is -3.23. The van der Waals surface area contributed by atoms with E-state index in [1.807, 2.05) is 4.90 Å². The second-order valence-corrected chi connectivity index (χ2v) is 5.68. The number of sulfone groups is 1. The van der Waals surface area contributed by atoms with Crippen molar-refractivity contribution in [1.29, 1.82) is 0 Å². The van der Waals surface area contributed by atoms with E-state index in [2.05, 4.69) is 4.98 Å². The van der Waals surface area contributed by atoms with Gasteiger partial charge in [-0.1, -0.05) is 0 Å². The molecule has 1 aromatic rings. The van der Waals surface area contributed by atoms with Crippen molar-refractivity contribution in [3.63, 3.8) is 0 Å². The van der Waals surface area contributed by atoms with E-state index >= 15 is 0 Å². The molecule has 0 bridgehead atoms. The van der Waals surface area contributed by atoms with Crippen LogP contribution >= 0.6 is 0 Å². The largest absolute Gasteiger partial charge is 0.378 e. The average Bonchev–Trinajstić information content (AvgIpc) is 2.29. The molecule has 2 rings (SSSR count). The Bertz CT molecular complexity index is 467. The highest BCUT2D eigenvalue weighted by Gasteiger charge is 2.20. The molecule has 0 aliphatic carbocycles. The molecule has 6 heteroatoms. The van der Waals surface area contributed by atoms with E-state index < -0.39 is 9.84 Å². The maximum Gasteiger partial charge on any atom is 0.179 e. The van der Waals surface area contributed by atoms with Crippen molar-refractivity contribution in [2.45, 2.75) is 4.90 Å². The van der Waals surface area contributed by atoms with Gasteiger partial charge in [-0.2, -0.15) is 0 Å². The number of rotatable bonds is 2. The summed E-state index contributed by atoms with van der Waals surface area (Å²) in [5.41, 5.74) is 0. The SMILES string of the molecule is CS(=O)(=O)c1cccnc1N1CCOCC1. The van der Waals surface area contributed by atoms with E-state index in [-0.39, 0.29) is 4.90 Å². The fourth-order valence-electron chi connectivity index (χ4n) is 1.68. The van der Waals surface area contributed by atoms with E-state index in [0.717, 1.165) is 0 Å². The Morgan fingerprint density at radius 1 is 1.38 bits per heavy atom. The molecule has 2 heterocycles. The van der Waals surface area contributed by atoms with Gasteiger partial charge in [0.1, 0.15) is 10.7 Å². The molecule has 0 unspecified atom stereocenters. The predicted molar refractivity (Wildman–Crippen MR) is 60.4 cm³/mol. The molecule has 1 saturated heterocycles. The Labute approximate surface area is 95.0 Å². The Morgan fingerprint density at radius 2 is 2.06 bits per heavy atom. The maximum absolute atomic E-state index is 11.6. The van der Waals surface area contributed by atoms with Crippen LogP contribution in [-0.2, 0) is 14.6 Å². The topological polar surface area (TPSA) is 59.5 Å². The minimum Gasteiger partial charge on any atom is -0.378 e. The first-order chi connectivity index (χ1) is 7.59. The summed E-state index contributed by atoms with van der Waals surface area (Å²) in [5, 5.41) is 0. The molecule has 0 spiro atoms. The van der Waals surface area contributed by atoms with Gasteiger partial charge < -0.3 is 9.64 Å². The monoisotopic (exact) mass is 242 g/mol. The highest BCUT2D eigenvalue weighted by atomic mass is 32.2. The van der Waals surface area contributed by atoms with Crippen LogP contribution in [0.5, 0.6) is 0 Å². The number of morpholine rings is 1. The second-order valence-electron chi connectivity index (χ2n) is 3.70. The van der Waals surface area contributed by atoms with Gasteiger partial charge in [0, 0.05) is 25.5 Å². The molecule has 0 radical (unpaired) electrons. The number of ether oxygens (including phenoxy) is 1. The molecule has 0 saturated carbocycles. The van der Waals surface area contributed by atoms with E-state index in [1.165, 1.54) is 6.26 Å². The maximum atomic E-state index is 11.6. The third-order valence-electron chi connectivity index (χ3n) is 2.46. The van der Waals surface area contributed by atoms with Crippen LogP contribution in [0.3, 0.4) is 0 Å². The normalized spacial score (nSPS) is 17.4. The van der Waals surface area contributed by atoms with Gasteiger partial charge in [-0.15, -0.1) is 0 Å². The smallest absolute Gasteiger partial charge is 0.179 e. The number of nitrogens with zero attached hydrogens (tertiary/aromatic N) is 2. The molecular weight excluding hydrogens is 228 g/mol. The Hall–Kier alpha value is -1.14. The van der Waals surface area contributed by atoms with Crippen LogP contribution in [-0.4, -0.2) is 46.0 Å². The van der Waals surface area contributed by atoms with Gasteiger partial charge in [-0.25, -0.2) is 13.4 Å². The standard InChI is InChI=1S/C10H14N2O3S/c1-16(13,14)9-3-2-4-11-10(9)12-5-7-15-8-6-12/h2-4H,5-8H2,1H3. The van der Waals surface area contributed by atoms with Crippen molar-refractivity contribution >= 4 is 15.7 Å². The van der Waals surface area contributed by atoms with Crippen LogP contribution in [0.1, 0.15) is 0 Å². The van der Waals surface area contributed by atoms with E-state index in [4.69, 9.17) is 4.74 Å². The molecule has 1 fully saturated rings. The lowest BCUT2D eigenvalue weighted by atomic mass is 10.4. The highest BCUT2D eigenvalue weighted by molar-refractivity contribution is 7.90. The van der Waals surface area contributed by atoms with Crippen LogP contribution in [0, 0.1) is 0 Å². The lowest BCUT2D eigenvalue weighted by Crippen LogP contribution is -2.37. The van der Waals surface area contributed by atoms with Gasteiger partial charge in [-0.05, 0) is 12.1 Å². The van der Waals surface area contributed by atoms with Crippen molar-refractivity contribution in [2.75, 3.05) is 37.5 Å². The first-order valence-electron chi connectivity index (χ1n) is 5.07. The molecule has 88 valence electrons. The molecular formula is C10H14N2O3S. The van der Waals surface area contributed by atoms with Gasteiger partial charge in [0.2, 0.25) is 0 Å². The molecule has 0 amide bonds. The van der Waals surface area contributed by atoms with Crippen LogP contribution in [0.15, 0.2) is 23.2 Å². The van der Waals surface area contributed by atoms with Gasteiger partial charge >= 0.3 is 0 Å². The number of anilines is 1. The lowest BCUT2D eigenvalue weighted by molar-refractivity contribution is 0.122. The summed E-state index contributed by atoms with van der Waals surface area (Å²) in [6.07, 6.45) is 2.81. The van der Waals surface area contributed by atoms with Crippen LogP contribution < -0.4 is 4.90 Å². The first-order valence-corrected chi connectivity index (χ1v) is 6.96. The molecule has 0 aromatic carbocycles. The number of aromatic nitrogens is 1. The quantitative estimate of drug-likeness (QED) is 0.747. The van der Waals surface area contributed by atoms with Crippen molar-refractivity contribution in [1.82, 2.24) is 4.98 Å². The zero-order valence-electron chi connectivity index (χ0n) is 9.09. The summed E-state index contributed by atoms with van der Waals surface area (Å²) in [6.45, 7) is 2.58. The molecule has 16 heavy (non-hydrogen) atoms. The third kappa shape index (κ3) is 2.33. The molecule has 1 aliphatic rings. The van der Waals surface area contributed by atoms with E-state index in [1.54, 1.807) is 18.3 Å². The number of hydrogen-bond donors (Lipinski definition) is 0. The third-order valence-corrected chi connectivity index (χ3v) is 3.58. The molecule has 1 aromatic heterocycles. The van der Waals surface area contributed by atoms with Crippen molar-refractivity contribution < 1.29 is 13.2 Å².